The number of amides is 1. The molecule has 2 aromatic rings. The van der Waals surface area contributed by atoms with Crippen molar-refractivity contribution >= 4 is 11.6 Å². The molecule has 4 unspecified atom stereocenters. The molecule has 142 valence electrons. The van der Waals surface area contributed by atoms with Gasteiger partial charge in [-0.05, 0) is 43.0 Å². The average Bonchev–Trinajstić information content (AvgIpc) is 2.97. The van der Waals surface area contributed by atoms with Crippen LogP contribution in [0.15, 0.2) is 54.6 Å². The maximum atomic E-state index is 13.3. The molecule has 4 heteroatoms. The molecule has 2 aromatic carbocycles. The smallest absolute Gasteiger partial charge is 0.235 e. The van der Waals surface area contributed by atoms with Gasteiger partial charge < -0.3 is 15.7 Å². The van der Waals surface area contributed by atoms with Crippen molar-refractivity contribution in [3.05, 3.63) is 65.7 Å². The van der Waals surface area contributed by atoms with Gasteiger partial charge in [0.25, 0.3) is 0 Å². The number of carbonyl (C=O) groups excluding carboxylic acids is 1. The molecule has 1 saturated carbocycles. The molecule has 1 aliphatic heterocycles. The molecular weight excluding hydrogens is 336 g/mol. The quantitative estimate of drug-likeness (QED) is 0.762. The molecule has 4 atom stereocenters. The summed E-state index contributed by atoms with van der Waals surface area (Å²) in [5, 5.41) is 17.3. The van der Waals surface area contributed by atoms with Gasteiger partial charge in [0.05, 0.1) is 11.5 Å². The molecule has 0 bridgehead atoms. The van der Waals surface area contributed by atoms with Gasteiger partial charge in [-0.2, -0.15) is 0 Å². The van der Waals surface area contributed by atoms with Crippen LogP contribution in [-0.2, 0) is 10.2 Å². The lowest BCUT2D eigenvalue weighted by molar-refractivity contribution is -0.125. The van der Waals surface area contributed by atoms with Crippen LogP contribution in [0.4, 0.5) is 5.69 Å². The zero-order valence-electron chi connectivity index (χ0n) is 15.8. The van der Waals surface area contributed by atoms with Crippen LogP contribution in [-0.4, -0.2) is 30.7 Å². The SMILES string of the molecule is CNCC(O)C(c1ccccc1)C1CCCCC12C(=O)Nc1ccccc12. The van der Waals surface area contributed by atoms with E-state index < -0.39 is 11.5 Å². The fraction of sp³-hybridized carbons (Fsp3) is 0.435. The van der Waals surface area contributed by atoms with Gasteiger partial charge >= 0.3 is 0 Å². The summed E-state index contributed by atoms with van der Waals surface area (Å²) in [5.41, 5.74) is 2.61. The number of carbonyl (C=O) groups is 1. The Hall–Kier alpha value is -2.17. The third kappa shape index (κ3) is 2.97. The topological polar surface area (TPSA) is 61.4 Å². The predicted octanol–water partition coefficient (Wildman–Crippen LogP) is 3.43. The molecule has 0 aromatic heterocycles. The Labute approximate surface area is 161 Å². The number of fused-ring (bicyclic) bond motifs is 2. The van der Waals surface area contributed by atoms with Crippen molar-refractivity contribution in [2.24, 2.45) is 5.92 Å². The fourth-order valence-electron chi connectivity index (χ4n) is 5.37. The second kappa shape index (κ2) is 7.45. The lowest BCUT2D eigenvalue weighted by Gasteiger charge is -2.45. The molecule has 3 N–H and O–H groups in total. The molecular formula is C23H28N2O2. The maximum absolute atomic E-state index is 13.3. The predicted molar refractivity (Wildman–Crippen MR) is 108 cm³/mol. The molecule has 4 rings (SSSR count). The first-order valence-electron chi connectivity index (χ1n) is 9.97. The normalized spacial score (nSPS) is 26.4. The first-order valence-corrected chi connectivity index (χ1v) is 9.97. The van der Waals surface area contributed by atoms with Crippen molar-refractivity contribution in [3.63, 3.8) is 0 Å². The summed E-state index contributed by atoms with van der Waals surface area (Å²) >= 11 is 0. The molecule has 0 radical (unpaired) electrons. The summed E-state index contributed by atoms with van der Waals surface area (Å²) in [4.78, 5) is 13.3. The van der Waals surface area contributed by atoms with E-state index in [1.807, 2.05) is 43.4 Å². The van der Waals surface area contributed by atoms with Crippen LogP contribution in [0.2, 0.25) is 0 Å². The van der Waals surface area contributed by atoms with Crippen molar-refractivity contribution < 1.29 is 9.90 Å². The second-order valence-corrected chi connectivity index (χ2v) is 7.88. The molecule has 27 heavy (non-hydrogen) atoms. The van der Waals surface area contributed by atoms with Gasteiger partial charge in [0.1, 0.15) is 0 Å². The lowest BCUT2D eigenvalue weighted by atomic mass is 9.57. The van der Waals surface area contributed by atoms with E-state index in [9.17, 15) is 9.90 Å². The molecule has 1 aliphatic carbocycles. The van der Waals surface area contributed by atoms with Crippen LogP contribution < -0.4 is 10.6 Å². The molecule has 1 spiro atoms. The highest BCUT2D eigenvalue weighted by molar-refractivity contribution is 6.06. The number of hydrogen-bond acceptors (Lipinski definition) is 3. The second-order valence-electron chi connectivity index (χ2n) is 7.88. The maximum Gasteiger partial charge on any atom is 0.235 e. The van der Waals surface area contributed by atoms with Crippen molar-refractivity contribution in [2.75, 3.05) is 18.9 Å². The molecule has 4 nitrogen and oxygen atoms in total. The van der Waals surface area contributed by atoms with Crippen LogP contribution in [0, 0.1) is 5.92 Å². The van der Waals surface area contributed by atoms with E-state index in [1.165, 1.54) is 0 Å². The van der Waals surface area contributed by atoms with Gasteiger partial charge in [0.15, 0.2) is 0 Å². The van der Waals surface area contributed by atoms with Crippen LogP contribution >= 0.6 is 0 Å². The van der Waals surface area contributed by atoms with Gasteiger partial charge in [-0.25, -0.2) is 0 Å². The Bertz CT molecular complexity index is 807. The Morgan fingerprint density at radius 1 is 1.15 bits per heavy atom. The van der Waals surface area contributed by atoms with E-state index in [1.54, 1.807) is 0 Å². The van der Waals surface area contributed by atoms with Crippen molar-refractivity contribution in [1.29, 1.82) is 0 Å². The van der Waals surface area contributed by atoms with Crippen LogP contribution in [0.3, 0.4) is 0 Å². The first kappa shape index (κ1) is 18.2. The fourth-order valence-corrected chi connectivity index (χ4v) is 5.37. The Balaban J connectivity index is 1.84. The van der Waals surface area contributed by atoms with Gasteiger partial charge in [-0.1, -0.05) is 61.4 Å². The van der Waals surface area contributed by atoms with E-state index in [0.29, 0.717) is 6.54 Å². The number of aliphatic hydroxyl groups excluding tert-OH is 1. The number of hydrogen-bond donors (Lipinski definition) is 3. The van der Waals surface area contributed by atoms with E-state index in [4.69, 9.17) is 0 Å². The third-order valence-corrected chi connectivity index (χ3v) is 6.48. The minimum atomic E-state index is -0.552. The van der Waals surface area contributed by atoms with E-state index >= 15 is 0 Å². The summed E-state index contributed by atoms with van der Waals surface area (Å²) in [6.07, 6.45) is 3.38. The highest BCUT2D eigenvalue weighted by Gasteiger charge is 2.56. The average molecular weight is 364 g/mol. The zero-order chi connectivity index (χ0) is 18.9. The van der Waals surface area contributed by atoms with Gasteiger partial charge in [-0.15, -0.1) is 0 Å². The minimum Gasteiger partial charge on any atom is -0.391 e. The molecule has 1 fully saturated rings. The number of rotatable bonds is 5. The number of nitrogens with one attached hydrogen (secondary N) is 2. The highest BCUT2D eigenvalue weighted by Crippen LogP contribution is 2.55. The summed E-state index contributed by atoms with van der Waals surface area (Å²) in [6.45, 7) is 0.509. The first-order chi connectivity index (χ1) is 13.2. The van der Waals surface area contributed by atoms with E-state index in [-0.39, 0.29) is 17.7 Å². The van der Waals surface area contributed by atoms with Crippen LogP contribution in [0.1, 0.15) is 42.7 Å². The minimum absolute atomic E-state index is 0.0700. The van der Waals surface area contributed by atoms with Crippen molar-refractivity contribution in [2.45, 2.75) is 43.1 Å². The largest absolute Gasteiger partial charge is 0.391 e. The summed E-state index contributed by atoms with van der Waals surface area (Å²) in [7, 11) is 1.86. The van der Waals surface area contributed by atoms with Gasteiger partial charge in [0.2, 0.25) is 5.91 Å². The number of para-hydroxylation sites is 1. The summed E-state index contributed by atoms with van der Waals surface area (Å²) in [5.74, 6) is 0.0856. The van der Waals surface area contributed by atoms with E-state index in [2.05, 4.69) is 28.8 Å². The van der Waals surface area contributed by atoms with Gasteiger partial charge in [-0.3, -0.25) is 4.79 Å². The molecule has 0 saturated heterocycles. The Kier molecular flexibility index (Phi) is 5.02. The number of anilines is 1. The summed E-state index contributed by atoms with van der Waals surface area (Å²) in [6, 6.07) is 18.3. The molecule has 1 heterocycles. The number of aliphatic hydroxyl groups is 1. The Morgan fingerprint density at radius 3 is 2.67 bits per heavy atom. The highest BCUT2D eigenvalue weighted by atomic mass is 16.3. The molecule has 2 aliphatic rings. The monoisotopic (exact) mass is 364 g/mol. The Morgan fingerprint density at radius 2 is 1.89 bits per heavy atom. The van der Waals surface area contributed by atoms with Crippen molar-refractivity contribution in [1.82, 2.24) is 5.32 Å². The van der Waals surface area contributed by atoms with Crippen molar-refractivity contribution in [3.8, 4) is 0 Å². The molecule has 1 amide bonds. The number of benzene rings is 2. The standard InChI is InChI=1S/C23H28N2O2/c1-24-15-20(26)21(16-9-3-2-4-10-16)18-12-7-8-14-23(18)17-11-5-6-13-19(17)25-22(23)27/h2-6,9-11,13,18,20-21,24,26H,7-8,12,14-15H2,1H3,(H,25,27). The van der Waals surface area contributed by atoms with E-state index in [0.717, 1.165) is 42.5 Å². The number of likely N-dealkylation sites (N-methyl/N-ethyl adjacent to an activating group) is 1. The van der Waals surface area contributed by atoms with Crippen LogP contribution in [0.5, 0.6) is 0 Å². The lowest BCUT2D eigenvalue weighted by Crippen LogP contribution is -2.49. The zero-order valence-corrected chi connectivity index (χ0v) is 15.8. The van der Waals surface area contributed by atoms with Crippen LogP contribution in [0.25, 0.3) is 0 Å². The van der Waals surface area contributed by atoms with Gasteiger partial charge in [0, 0.05) is 18.2 Å². The summed E-state index contributed by atoms with van der Waals surface area (Å²) < 4.78 is 0. The third-order valence-electron chi connectivity index (χ3n) is 6.48.